The van der Waals surface area contributed by atoms with Gasteiger partial charge in [0.15, 0.2) is 0 Å². The van der Waals surface area contributed by atoms with E-state index in [1.165, 1.54) is 0 Å². The van der Waals surface area contributed by atoms with Gasteiger partial charge in [0.2, 0.25) is 0 Å². The highest BCUT2D eigenvalue weighted by Gasteiger charge is 2.48. The quantitative estimate of drug-likeness (QED) is 0.909. The van der Waals surface area contributed by atoms with Crippen LogP contribution < -0.4 is 9.47 Å². The van der Waals surface area contributed by atoms with Crippen molar-refractivity contribution in [3.63, 3.8) is 0 Å². The molecule has 24 heavy (non-hydrogen) atoms. The lowest BCUT2D eigenvalue weighted by molar-refractivity contribution is 0.0172. The van der Waals surface area contributed by atoms with Crippen molar-refractivity contribution in [2.24, 2.45) is 0 Å². The first-order valence-corrected chi connectivity index (χ1v) is 7.90. The fourth-order valence-corrected chi connectivity index (χ4v) is 3.54. The molecule has 0 amide bonds. The Labute approximate surface area is 139 Å². The van der Waals surface area contributed by atoms with E-state index in [1.54, 1.807) is 20.4 Å². The minimum absolute atomic E-state index is 0.0562. The molecular weight excluding hydrogens is 312 g/mol. The molecular formula is C17H20N2O5. The second-order valence-electron chi connectivity index (χ2n) is 5.93. The van der Waals surface area contributed by atoms with Gasteiger partial charge in [0, 0.05) is 12.4 Å². The number of nitrogens with zero attached hydrogens (tertiary/aromatic N) is 2. The first kappa shape index (κ1) is 15.4. The maximum atomic E-state index is 9.95. The molecule has 2 saturated heterocycles. The highest BCUT2D eigenvalue weighted by atomic mass is 16.6. The normalized spacial score (nSPS) is 28.8. The van der Waals surface area contributed by atoms with Gasteiger partial charge in [-0.2, -0.15) is 0 Å². The van der Waals surface area contributed by atoms with E-state index in [4.69, 9.17) is 18.9 Å². The van der Waals surface area contributed by atoms with E-state index in [9.17, 15) is 5.11 Å². The number of imidazole rings is 1. The number of ether oxygens (including phenoxy) is 4. The van der Waals surface area contributed by atoms with E-state index in [0.717, 1.165) is 11.4 Å². The number of fused-ring (bicyclic) bond motifs is 1. The number of hydrogen-bond acceptors (Lipinski definition) is 6. The van der Waals surface area contributed by atoms with Gasteiger partial charge in [0.1, 0.15) is 41.2 Å². The molecule has 0 radical (unpaired) electrons. The average molecular weight is 332 g/mol. The van der Waals surface area contributed by atoms with Crippen molar-refractivity contribution in [3.8, 4) is 22.9 Å². The van der Waals surface area contributed by atoms with Crippen LogP contribution in [0, 0.1) is 0 Å². The lowest BCUT2D eigenvalue weighted by Crippen LogP contribution is -2.30. The zero-order valence-corrected chi connectivity index (χ0v) is 13.6. The topological polar surface area (TPSA) is 75.0 Å². The van der Waals surface area contributed by atoms with Crippen LogP contribution in [0.5, 0.6) is 11.5 Å². The summed E-state index contributed by atoms with van der Waals surface area (Å²) in [5, 5.41) is 9.95. The minimum Gasteiger partial charge on any atom is -0.496 e. The van der Waals surface area contributed by atoms with Crippen LogP contribution >= 0.6 is 0 Å². The summed E-state index contributed by atoms with van der Waals surface area (Å²) < 4.78 is 24.5. The number of rotatable bonds is 4. The van der Waals surface area contributed by atoms with Gasteiger partial charge < -0.3 is 28.6 Å². The Balaban J connectivity index is 1.77. The average Bonchev–Trinajstić information content (AvgIpc) is 3.31. The van der Waals surface area contributed by atoms with Crippen molar-refractivity contribution in [3.05, 3.63) is 30.6 Å². The highest BCUT2D eigenvalue weighted by Crippen LogP contribution is 2.41. The van der Waals surface area contributed by atoms with E-state index in [0.29, 0.717) is 24.7 Å². The molecule has 0 unspecified atom stereocenters. The molecule has 1 aromatic carbocycles. The number of aliphatic hydroxyl groups is 1. The molecule has 2 aliphatic heterocycles. The van der Waals surface area contributed by atoms with Crippen LogP contribution in [0.3, 0.4) is 0 Å². The highest BCUT2D eigenvalue weighted by molar-refractivity contribution is 5.72. The Kier molecular flexibility index (Phi) is 3.91. The first-order valence-electron chi connectivity index (χ1n) is 7.90. The van der Waals surface area contributed by atoms with Crippen molar-refractivity contribution in [1.29, 1.82) is 0 Å². The SMILES string of the molecule is COc1cccc(OC)c1-c1nccn1[C@H]1CO[C@H]2[C@@H]1OC[C@H]2O. The fraction of sp³-hybridized carbons (Fsp3) is 0.471. The summed E-state index contributed by atoms with van der Waals surface area (Å²) in [7, 11) is 3.24. The fourth-order valence-electron chi connectivity index (χ4n) is 3.54. The van der Waals surface area contributed by atoms with E-state index < -0.39 is 6.10 Å². The number of hydrogen-bond donors (Lipinski definition) is 1. The Hall–Kier alpha value is -2.09. The zero-order chi connectivity index (χ0) is 16.7. The lowest BCUT2D eigenvalue weighted by atomic mass is 10.1. The molecule has 1 aromatic heterocycles. The van der Waals surface area contributed by atoms with Gasteiger partial charge in [-0.1, -0.05) is 6.07 Å². The molecule has 128 valence electrons. The van der Waals surface area contributed by atoms with Gasteiger partial charge in [-0.05, 0) is 12.1 Å². The van der Waals surface area contributed by atoms with Crippen LogP contribution in [0.4, 0.5) is 0 Å². The first-order chi connectivity index (χ1) is 11.7. The molecule has 3 heterocycles. The predicted octanol–water partition coefficient (Wildman–Crippen LogP) is 1.27. The standard InChI is InChI=1S/C17H20N2O5/c1-21-12-4-3-5-13(22-2)14(12)17-18-6-7-19(17)10-8-23-16-11(20)9-24-15(10)16/h3-7,10-11,15-16,20H,8-9H2,1-2H3/t10-,11+,15+,16+/m0/s1. The molecule has 0 bridgehead atoms. The molecule has 2 aliphatic rings. The third-order valence-corrected chi connectivity index (χ3v) is 4.68. The van der Waals surface area contributed by atoms with E-state index >= 15 is 0 Å². The lowest BCUT2D eigenvalue weighted by Gasteiger charge is -2.21. The summed E-state index contributed by atoms with van der Waals surface area (Å²) in [4.78, 5) is 4.51. The number of methoxy groups -OCH3 is 2. The zero-order valence-electron chi connectivity index (χ0n) is 13.6. The molecule has 1 N–H and O–H groups in total. The predicted molar refractivity (Wildman–Crippen MR) is 85.3 cm³/mol. The summed E-state index contributed by atoms with van der Waals surface area (Å²) in [6.07, 6.45) is 2.58. The number of benzene rings is 1. The van der Waals surface area contributed by atoms with E-state index in [1.807, 2.05) is 29.0 Å². The Morgan fingerprint density at radius 3 is 2.54 bits per heavy atom. The molecule has 7 heteroatoms. The van der Waals surface area contributed by atoms with Gasteiger partial charge in [-0.15, -0.1) is 0 Å². The van der Waals surface area contributed by atoms with Gasteiger partial charge >= 0.3 is 0 Å². The van der Waals surface area contributed by atoms with Crippen molar-refractivity contribution in [2.45, 2.75) is 24.4 Å². The monoisotopic (exact) mass is 332 g/mol. The maximum Gasteiger partial charge on any atom is 0.147 e. The third kappa shape index (κ3) is 2.28. The largest absolute Gasteiger partial charge is 0.496 e. The molecule has 0 saturated carbocycles. The minimum atomic E-state index is -0.576. The van der Waals surface area contributed by atoms with Crippen molar-refractivity contribution >= 4 is 0 Å². The molecule has 2 aromatic rings. The van der Waals surface area contributed by atoms with Gasteiger partial charge in [0.25, 0.3) is 0 Å². The summed E-state index contributed by atoms with van der Waals surface area (Å²) >= 11 is 0. The van der Waals surface area contributed by atoms with Crippen LogP contribution in [0.15, 0.2) is 30.6 Å². The van der Waals surface area contributed by atoms with Crippen LogP contribution in [-0.4, -0.2) is 60.4 Å². The van der Waals surface area contributed by atoms with Gasteiger partial charge in [-0.25, -0.2) is 4.98 Å². The van der Waals surface area contributed by atoms with Crippen molar-refractivity contribution < 1.29 is 24.1 Å². The summed E-state index contributed by atoms with van der Waals surface area (Å²) in [6, 6.07) is 5.57. The van der Waals surface area contributed by atoms with Crippen LogP contribution in [0.2, 0.25) is 0 Å². The smallest absolute Gasteiger partial charge is 0.147 e. The third-order valence-electron chi connectivity index (χ3n) is 4.68. The molecule has 7 nitrogen and oxygen atoms in total. The Morgan fingerprint density at radius 1 is 1.12 bits per heavy atom. The molecule has 2 fully saturated rings. The Morgan fingerprint density at radius 2 is 1.83 bits per heavy atom. The van der Waals surface area contributed by atoms with Crippen molar-refractivity contribution in [1.82, 2.24) is 9.55 Å². The van der Waals surface area contributed by atoms with Crippen LogP contribution in [-0.2, 0) is 9.47 Å². The summed E-state index contributed by atoms with van der Waals surface area (Å²) in [6.45, 7) is 0.765. The van der Waals surface area contributed by atoms with E-state index in [-0.39, 0.29) is 18.2 Å². The molecule has 0 spiro atoms. The molecule has 4 rings (SSSR count). The summed E-state index contributed by atoms with van der Waals surface area (Å²) in [5.41, 5.74) is 0.787. The van der Waals surface area contributed by atoms with Gasteiger partial charge in [0.05, 0.1) is 33.5 Å². The van der Waals surface area contributed by atoms with Crippen LogP contribution in [0.25, 0.3) is 11.4 Å². The second-order valence-corrected chi connectivity index (χ2v) is 5.93. The van der Waals surface area contributed by atoms with E-state index in [2.05, 4.69) is 4.98 Å². The second kappa shape index (κ2) is 6.08. The Bertz CT molecular complexity index is 709. The number of aliphatic hydroxyl groups excluding tert-OH is 1. The number of aromatic nitrogens is 2. The van der Waals surface area contributed by atoms with Gasteiger partial charge in [-0.3, -0.25) is 0 Å². The van der Waals surface area contributed by atoms with Crippen LogP contribution in [0.1, 0.15) is 6.04 Å². The van der Waals surface area contributed by atoms with Crippen molar-refractivity contribution in [2.75, 3.05) is 27.4 Å². The maximum absolute atomic E-state index is 9.95. The molecule has 0 aliphatic carbocycles. The summed E-state index contributed by atoms with van der Waals surface area (Å²) in [5.74, 6) is 2.10. The molecule has 4 atom stereocenters.